The number of phenols is 1. The second-order valence-electron chi connectivity index (χ2n) is 5.64. The van der Waals surface area contributed by atoms with Crippen LogP contribution in [-0.4, -0.2) is 52.1 Å². The van der Waals surface area contributed by atoms with Crippen molar-refractivity contribution in [1.82, 2.24) is 14.9 Å². The number of piperazine rings is 1. The molecule has 1 aliphatic heterocycles. The van der Waals surface area contributed by atoms with Gasteiger partial charge >= 0.3 is 0 Å². The van der Waals surface area contributed by atoms with Gasteiger partial charge in [-0.2, -0.15) is 0 Å². The van der Waals surface area contributed by atoms with Gasteiger partial charge in [0.15, 0.2) is 11.6 Å². The second kappa shape index (κ2) is 6.82. The van der Waals surface area contributed by atoms with Gasteiger partial charge in [0.2, 0.25) is 0 Å². The molecule has 2 heterocycles. The van der Waals surface area contributed by atoms with Crippen LogP contribution in [0.15, 0.2) is 30.6 Å². The molecule has 1 aliphatic rings. The average molecular weight is 330 g/mol. The minimum Gasteiger partial charge on any atom is -0.508 e. The lowest BCUT2D eigenvalue weighted by molar-refractivity contribution is 0.0746. The molecule has 0 atom stereocenters. The van der Waals surface area contributed by atoms with Gasteiger partial charge in [-0.3, -0.25) is 4.79 Å². The highest BCUT2D eigenvalue weighted by Crippen LogP contribution is 2.20. The quantitative estimate of drug-likeness (QED) is 0.930. The van der Waals surface area contributed by atoms with Crippen molar-refractivity contribution in [3.8, 4) is 5.75 Å². The summed E-state index contributed by atoms with van der Waals surface area (Å²) in [7, 11) is 0. The fraction of sp³-hybridized carbons (Fsp3) is 0.353. The number of phenolic OH excluding ortho intramolecular Hbond substituents is 1. The number of aromatic nitrogens is 2. The van der Waals surface area contributed by atoms with Crippen molar-refractivity contribution >= 4 is 11.7 Å². The number of benzene rings is 1. The third-order valence-corrected chi connectivity index (χ3v) is 4.16. The standard InChI is InChI=1S/C17H19FN4O2/c1-2-14-15(18)16(20-11-19-14)21-7-9-22(10-8-21)17(24)12-3-5-13(23)6-4-12/h3-6,11,23H,2,7-10H2,1H3. The summed E-state index contributed by atoms with van der Waals surface area (Å²) >= 11 is 0. The maximum Gasteiger partial charge on any atom is 0.253 e. The van der Waals surface area contributed by atoms with E-state index >= 15 is 0 Å². The SMILES string of the molecule is CCc1ncnc(N2CCN(C(=O)c3ccc(O)cc3)CC2)c1F. The Labute approximate surface area is 139 Å². The fourth-order valence-electron chi connectivity index (χ4n) is 2.77. The molecule has 3 rings (SSSR count). The van der Waals surface area contributed by atoms with Crippen LogP contribution in [0.2, 0.25) is 0 Å². The number of carbonyl (C=O) groups excluding carboxylic acids is 1. The number of hydrogen-bond donors (Lipinski definition) is 1. The summed E-state index contributed by atoms with van der Waals surface area (Å²) in [4.78, 5) is 24.0. The lowest BCUT2D eigenvalue weighted by Gasteiger charge is -2.35. The number of amides is 1. The minimum atomic E-state index is -0.377. The van der Waals surface area contributed by atoms with Gasteiger partial charge in [-0.1, -0.05) is 6.92 Å². The smallest absolute Gasteiger partial charge is 0.253 e. The summed E-state index contributed by atoms with van der Waals surface area (Å²) in [6.07, 6.45) is 1.89. The van der Waals surface area contributed by atoms with Crippen molar-refractivity contribution in [2.24, 2.45) is 0 Å². The molecule has 1 aromatic heterocycles. The van der Waals surface area contributed by atoms with E-state index in [1.807, 2.05) is 11.8 Å². The van der Waals surface area contributed by atoms with Crippen LogP contribution in [0.3, 0.4) is 0 Å². The molecule has 0 saturated carbocycles. The van der Waals surface area contributed by atoms with E-state index in [0.717, 1.165) is 0 Å². The first-order valence-corrected chi connectivity index (χ1v) is 7.92. The normalized spacial score (nSPS) is 14.8. The number of aryl methyl sites for hydroxylation is 1. The van der Waals surface area contributed by atoms with Crippen molar-refractivity contribution in [3.63, 3.8) is 0 Å². The third-order valence-electron chi connectivity index (χ3n) is 4.16. The molecule has 2 aromatic rings. The highest BCUT2D eigenvalue weighted by molar-refractivity contribution is 5.94. The molecule has 24 heavy (non-hydrogen) atoms. The van der Waals surface area contributed by atoms with Crippen molar-refractivity contribution in [2.75, 3.05) is 31.1 Å². The zero-order chi connectivity index (χ0) is 17.1. The Balaban J connectivity index is 1.68. The van der Waals surface area contributed by atoms with E-state index in [1.54, 1.807) is 17.0 Å². The van der Waals surface area contributed by atoms with E-state index in [1.165, 1.54) is 18.5 Å². The molecule has 1 amide bonds. The van der Waals surface area contributed by atoms with Gasteiger partial charge in [-0.25, -0.2) is 14.4 Å². The first-order chi connectivity index (χ1) is 11.6. The highest BCUT2D eigenvalue weighted by atomic mass is 19.1. The largest absolute Gasteiger partial charge is 0.508 e. The van der Waals surface area contributed by atoms with Crippen LogP contribution in [0, 0.1) is 5.82 Å². The van der Waals surface area contributed by atoms with Crippen LogP contribution in [0.5, 0.6) is 5.75 Å². The summed E-state index contributed by atoms with van der Waals surface area (Å²) in [5.41, 5.74) is 0.935. The average Bonchev–Trinajstić information content (AvgIpc) is 2.62. The zero-order valence-electron chi connectivity index (χ0n) is 13.4. The maximum atomic E-state index is 14.3. The Hall–Kier alpha value is -2.70. The van der Waals surface area contributed by atoms with Gasteiger partial charge < -0.3 is 14.9 Å². The molecule has 1 saturated heterocycles. The molecule has 126 valence electrons. The van der Waals surface area contributed by atoms with Gasteiger partial charge in [0, 0.05) is 31.7 Å². The molecule has 7 heteroatoms. The molecular weight excluding hydrogens is 311 g/mol. The third kappa shape index (κ3) is 3.15. The van der Waals surface area contributed by atoms with Crippen molar-refractivity contribution in [1.29, 1.82) is 0 Å². The van der Waals surface area contributed by atoms with E-state index in [-0.39, 0.29) is 17.5 Å². The number of hydrogen-bond acceptors (Lipinski definition) is 5. The minimum absolute atomic E-state index is 0.0907. The molecule has 0 spiro atoms. The Morgan fingerprint density at radius 1 is 1.17 bits per heavy atom. The van der Waals surface area contributed by atoms with Crippen LogP contribution in [-0.2, 0) is 6.42 Å². The van der Waals surface area contributed by atoms with Gasteiger partial charge in [0.25, 0.3) is 5.91 Å². The van der Waals surface area contributed by atoms with Crippen molar-refractivity contribution < 1.29 is 14.3 Å². The maximum absolute atomic E-state index is 14.3. The summed E-state index contributed by atoms with van der Waals surface area (Å²) < 4.78 is 14.3. The molecule has 0 unspecified atom stereocenters. The monoisotopic (exact) mass is 330 g/mol. The molecule has 0 radical (unpaired) electrons. The molecular formula is C17H19FN4O2. The van der Waals surface area contributed by atoms with E-state index in [9.17, 15) is 14.3 Å². The van der Waals surface area contributed by atoms with Crippen molar-refractivity contribution in [2.45, 2.75) is 13.3 Å². The number of nitrogens with zero attached hydrogens (tertiary/aromatic N) is 4. The summed E-state index contributed by atoms with van der Waals surface area (Å²) in [6, 6.07) is 6.18. The number of rotatable bonds is 3. The fourth-order valence-corrected chi connectivity index (χ4v) is 2.77. The number of halogens is 1. The Kier molecular flexibility index (Phi) is 4.59. The molecule has 1 N–H and O–H groups in total. The molecule has 6 nitrogen and oxygen atoms in total. The first kappa shape index (κ1) is 16.2. The number of anilines is 1. The number of carbonyl (C=O) groups is 1. The highest BCUT2D eigenvalue weighted by Gasteiger charge is 2.25. The van der Waals surface area contributed by atoms with Crippen LogP contribution in [0.4, 0.5) is 10.2 Å². The van der Waals surface area contributed by atoms with Crippen LogP contribution < -0.4 is 4.90 Å². The summed E-state index contributed by atoms with van der Waals surface area (Å²) in [5.74, 6) is -0.0358. The van der Waals surface area contributed by atoms with Crippen LogP contribution >= 0.6 is 0 Å². The summed E-state index contributed by atoms with van der Waals surface area (Å²) in [6.45, 7) is 3.86. The molecule has 1 fully saturated rings. The van der Waals surface area contributed by atoms with Crippen molar-refractivity contribution in [3.05, 3.63) is 47.7 Å². The molecule has 1 aromatic carbocycles. The lowest BCUT2D eigenvalue weighted by Crippen LogP contribution is -2.49. The molecule has 0 bridgehead atoms. The lowest BCUT2D eigenvalue weighted by atomic mass is 10.1. The predicted octanol–water partition coefficient (Wildman–Crippen LogP) is 1.85. The zero-order valence-corrected chi connectivity index (χ0v) is 13.4. The first-order valence-electron chi connectivity index (χ1n) is 7.92. The Bertz CT molecular complexity index is 728. The van der Waals surface area contributed by atoms with Crippen LogP contribution in [0.1, 0.15) is 23.0 Å². The van der Waals surface area contributed by atoms with Crippen LogP contribution in [0.25, 0.3) is 0 Å². The van der Waals surface area contributed by atoms with E-state index < -0.39 is 0 Å². The topological polar surface area (TPSA) is 69.6 Å². The molecule has 0 aliphatic carbocycles. The second-order valence-corrected chi connectivity index (χ2v) is 5.64. The van der Waals surface area contributed by atoms with Gasteiger partial charge in [0.1, 0.15) is 12.1 Å². The Morgan fingerprint density at radius 2 is 1.83 bits per heavy atom. The summed E-state index contributed by atoms with van der Waals surface area (Å²) in [5, 5.41) is 9.30. The van der Waals surface area contributed by atoms with E-state index in [0.29, 0.717) is 49.7 Å². The van der Waals surface area contributed by atoms with Gasteiger partial charge in [0.05, 0.1) is 5.69 Å². The van der Waals surface area contributed by atoms with E-state index in [2.05, 4.69) is 9.97 Å². The Morgan fingerprint density at radius 3 is 2.46 bits per heavy atom. The van der Waals surface area contributed by atoms with Gasteiger partial charge in [-0.15, -0.1) is 0 Å². The van der Waals surface area contributed by atoms with Gasteiger partial charge in [-0.05, 0) is 30.7 Å². The predicted molar refractivity (Wildman–Crippen MR) is 87.6 cm³/mol. The van der Waals surface area contributed by atoms with E-state index in [4.69, 9.17) is 0 Å². The number of aromatic hydroxyl groups is 1.